The van der Waals surface area contributed by atoms with Gasteiger partial charge in [0.25, 0.3) is 0 Å². The molecule has 0 aromatic carbocycles. The molecule has 0 radical (unpaired) electrons. The van der Waals surface area contributed by atoms with Crippen LogP contribution in [-0.2, 0) is 10.4 Å². The molecule has 124 valence electrons. The summed E-state index contributed by atoms with van der Waals surface area (Å²) < 4.78 is 39.5. The van der Waals surface area contributed by atoms with Crippen molar-refractivity contribution in [2.45, 2.75) is 30.7 Å². The van der Waals surface area contributed by atoms with Crippen molar-refractivity contribution >= 4 is 17.7 Å². The highest BCUT2D eigenvalue weighted by molar-refractivity contribution is 7.99. The smallest absolute Gasteiger partial charge is 0.421 e. The van der Waals surface area contributed by atoms with Gasteiger partial charge in [-0.2, -0.15) is 24.9 Å². The van der Waals surface area contributed by atoms with Crippen LogP contribution in [0.1, 0.15) is 18.4 Å². The van der Waals surface area contributed by atoms with E-state index >= 15 is 0 Å². The molecule has 1 aromatic rings. The van der Waals surface area contributed by atoms with E-state index in [4.69, 9.17) is 10.8 Å². The highest BCUT2D eigenvalue weighted by atomic mass is 32.2. The number of pyridine rings is 1. The molecule has 0 aliphatic rings. The molecule has 0 saturated heterocycles. The monoisotopic (exact) mass is 338 g/mol. The van der Waals surface area contributed by atoms with Gasteiger partial charge in [0.2, 0.25) is 0 Å². The van der Waals surface area contributed by atoms with E-state index in [1.165, 1.54) is 12.4 Å². The molecule has 0 saturated carbocycles. The fourth-order valence-electron chi connectivity index (χ4n) is 1.73. The van der Waals surface area contributed by atoms with Crippen LogP contribution in [0.3, 0.4) is 0 Å². The topological polar surface area (TPSA) is 96.4 Å². The summed E-state index contributed by atoms with van der Waals surface area (Å²) in [6.45, 7) is 0. The Balaban J connectivity index is 2.60. The number of carbonyl (C=O) groups is 1. The first kappa shape index (κ1) is 18.7. The lowest BCUT2D eigenvalue weighted by Gasteiger charge is -2.30. The fraction of sp³-hybridized carbons (Fsp3) is 0.538. The molecule has 5 nitrogen and oxygen atoms in total. The minimum Gasteiger partial charge on any atom is -0.480 e. The summed E-state index contributed by atoms with van der Waals surface area (Å²) in [6, 6.07) is 1.21. The SMILES string of the molecule is NC(CCSCCC(O)(c1ccncc1)C(F)(F)F)C(=O)O. The van der Waals surface area contributed by atoms with E-state index < -0.39 is 30.2 Å². The number of nitrogens with zero attached hydrogens (tertiary/aromatic N) is 1. The van der Waals surface area contributed by atoms with Crippen molar-refractivity contribution in [1.82, 2.24) is 4.98 Å². The zero-order valence-corrected chi connectivity index (χ0v) is 12.4. The Bertz CT molecular complexity index is 487. The molecule has 4 N–H and O–H groups in total. The van der Waals surface area contributed by atoms with Crippen LogP contribution in [-0.4, -0.2) is 44.9 Å². The summed E-state index contributed by atoms with van der Waals surface area (Å²) in [4.78, 5) is 14.1. The number of aliphatic hydroxyl groups is 1. The number of nitrogens with two attached hydrogens (primary N) is 1. The summed E-state index contributed by atoms with van der Waals surface area (Å²) in [6.07, 6.45) is -2.82. The van der Waals surface area contributed by atoms with E-state index in [0.717, 1.165) is 23.9 Å². The van der Waals surface area contributed by atoms with E-state index in [9.17, 15) is 23.1 Å². The number of halogens is 3. The second-order valence-corrected chi connectivity index (χ2v) is 5.91. The molecule has 2 atom stereocenters. The van der Waals surface area contributed by atoms with Crippen molar-refractivity contribution < 1.29 is 28.2 Å². The number of aliphatic carboxylic acids is 1. The lowest BCUT2D eigenvalue weighted by Crippen LogP contribution is -2.42. The largest absolute Gasteiger partial charge is 0.480 e. The summed E-state index contributed by atoms with van der Waals surface area (Å²) in [5.41, 5.74) is 2.08. The van der Waals surface area contributed by atoms with Crippen LogP contribution in [0.5, 0.6) is 0 Å². The Morgan fingerprint density at radius 2 is 1.91 bits per heavy atom. The summed E-state index contributed by atoms with van der Waals surface area (Å²) in [5.74, 6) is -0.827. The normalized spacial score (nSPS) is 16.0. The first-order chi connectivity index (χ1) is 10.2. The lowest BCUT2D eigenvalue weighted by molar-refractivity contribution is -0.267. The standard InChI is InChI=1S/C13H17F3N2O3S/c14-13(15,16)12(21,9-1-5-18-6-2-9)4-8-22-7-3-10(17)11(19)20/h1-2,5-6,10,21H,3-4,7-8,17H2,(H,19,20). The number of carboxylic acid groups (broad SMARTS) is 1. The van der Waals surface area contributed by atoms with Crippen LogP contribution in [0.2, 0.25) is 0 Å². The van der Waals surface area contributed by atoms with Crippen molar-refractivity contribution in [2.24, 2.45) is 5.73 Å². The van der Waals surface area contributed by atoms with Gasteiger partial charge in [-0.3, -0.25) is 9.78 Å². The van der Waals surface area contributed by atoms with E-state index in [0.29, 0.717) is 5.75 Å². The molecule has 1 aromatic heterocycles. The van der Waals surface area contributed by atoms with Gasteiger partial charge < -0.3 is 15.9 Å². The number of rotatable bonds is 8. The third kappa shape index (κ3) is 4.85. The Hall–Kier alpha value is -1.32. The first-order valence-corrected chi connectivity index (χ1v) is 7.59. The minimum atomic E-state index is -4.81. The molecule has 0 spiro atoms. The maximum atomic E-state index is 13.2. The Labute approximate surface area is 129 Å². The van der Waals surface area contributed by atoms with Gasteiger partial charge in [-0.25, -0.2) is 0 Å². The van der Waals surface area contributed by atoms with Crippen molar-refractivity contribution in [1.29, 1.82) is 0 Å². The Morgan fingerprint density at radius 1 is 1.32 bits per heavy atom. The second-order valence-electron chi connectivity index (χ2n) is 4.69. The van der Waals surface area contributed by atoms with Crippen LogP contribution in [0.15, 0.2) is 24.5 Å². The van der Waals surface area contributed by atoms with E-state index in [1.807, 2.05) is 0 Å². The number of thioether (sulfide) groups is 1. The molecular formula is C13H17F3N2O3S. The average Bonchev–Trinajstić information content (AvgIpc) is 2.46. The van der Waals surface area contributed by atoms with Gasteiger partial charge in [0, 0.05) is 12.4 Å². The summed E-state index contributed by atoms with van der Waals surface area (Å²) >= 11 is 1.12. The molecule has 2 unspecified atom stereocenters. The molecule has 1 rings (SSSR count). The van der Waals surface area contributed by atoms with E-state index in [2.05, 4.69) is 4.98 Å². The van der Waals surface area contributed by atoms with Gasteiger partial charge in [-0.1, -0.05) is 0 Å². The number of aromatic nitrogens is 1. The fourth-order valence-corrected chi connectivity index (χ4v) is 2.80. The molecule has 0 aliphatic heterocycles. The van der Waals surface area contributed by atoms with Crippen LogP contribution >= 0.6 is 11.8 Å². The number of carboxylic acids is 1. The summed E-state index contributed by atoms with van der Waals surface area (Å²) in [5, 5.41) is 18.6. The summed E-state index contributed by atoms with van der Waals surface area (Å²) in [7, 11) is 0. The molecule has 0 aliphatic carbocycles. The number of alkyl halides is 3. The molecule has 22 heavy (non-hydrogen) atoms. The Morgan fingerprint density at radius 3 is 2.41 bits per heavy atom. The van der Waals surface area contributed by atoms with E-state index in [1.54, 1.807) is 0 Å². The molecule has 1 heterocycles. The third-order valence-corrected chi connectivity index (χ3v) is 4.14. The predicted molar refractivity (Wildman–Crippen MR) is 76.4 cm³/mol. The number of hydrogen-bond donors (Lipinski definition) is 3. The van der Waals surface area contributed by atoms with Gasteiger partial charge in [0.1, 0.15) is 6.04 Å². The van der Waals surface area contributed by atoms with Crippen molar-refractivity contribution in [2.75, 3.05) is 11.5 Å². The van der Waals surface area contributed by atoms with E-state index in [-0.39, 0.29) is 17.7 Å². The van der Waals surface area contributed by atoms with Crippen LogP contribution in [0.4, 0.5) is 13.2 Å². The first-order valence-electron chi connectivity index (χ1n) is 6.44. The maximum Gasteiger partial charge on any atom is 0.421 e. The molecular weight excluding hydrogens is 321 g/mol. The molecule has 0 fully saturated rings. The lowest BCUT2D eigenvalue weighted by atomic mass is 9.91. The highest BCUT2D eigenvalue weighted by Gasteiger charge is 2.54. The van der Waals surface area contributed by atoms with Crippen LogP contribution < -0.4 is 5.73 Å². The maximum absolute atomic E-state index is 13.2. The van der Waals surface area contributed by atoms with Crippen molar-refractivity contribution in [3.63, 3.8) is 0 Å². The second kappa shape index (κ2) is 7.80. The minimum absolute atomic E-state index is 0.0185. The van der Waals surface area contributed by atoms with Crippen molar-refractivity contribution in [3.05, 3.63) is 30.1 Å². The quantitative estimate of drug-likeness (QED) is 0.625. The van der Waals surface area contributed by atoms with Gasteiger partial charge in [-0.05, 0) is 42.0 Å². The van der Waals surface area contributed by atoms with Gasteiger partial charge >= 0.3 is 12.1 Å². The molecule has 0 amide bonds. The van der Waals surface area contributed by atoms with Crippen LogP contribution in [0.25, 0.3) is 0 Å². The predicted octanol–water partition coefficient (Wildman–Crippen LogP) is 1.76. The van der Waals surface area contributed by atoms with Crippen LogP contribution in [0, 0.1) is 0 Å². The molecule has 9 heteroatoms. The van der Waals surface area contributed by atoms with Crippen molar-refractivity contribution in [3.8, 4) is 0 Å². The highest BCUT2D eigenvalue weighted by Crippen LogP contribution is 2.42. The average molecular weight is 338 g/mol. The zero-order chi connectivity index (χ0) is 16.8. The number of hydrogen-bond acceptors (Lipinski definition) is 5. The zero-order valence-electron chi connectivity index (χ0n) is 11.6. The van der Waals surface area contributed by atoms with Gasteiger partial charge in [-0.15, -0.1) is 0 Å². The third-order valence-electron chi connectivity index (χ3n) is 3.13. The van der Waals surface area contributed by atoms with Gasteiger partial charge in [0.05, 0.1) is 0 Å². The Kier molecular flexibility index (Phi) is 6.64. The molecule has 0 bridgehead atoms. The van der Waals surface area contributed by atoms with Gasteiger partial charge in [0.15, 0.2) is 5.60 Å².